The minimum atomic E-state index is 0.214. The maximum Gasteiger partial charge on any atom is 0.0701 e. The Hall–Kier alpha value is -0.350. The lowest BCUT2D eigenvalue weighted by atomic mass is 10.0. The first-order valence-corrected chi connectivity index (χ1v) is 7.98. The van der Waals surface area contributed by atoms with Crippen LogP contribution in [-0.2, 0) is 0 Å². The van der Waals surface area contributed by atoms with Crippen molar-refractivity contribution in [2.24, 2.45) is 0 Å². The van der Waals surface area contributed by atoms with Crippen LogP contribution in [-0.4, -0.2) is 6.54 Å². The smallest absolute Gasteiger partial charge is 0.0701 e. The first-order chi connectivity index (χ1) is 8.70. The predicted octanol–water partition coefficient (Wildman–Crippen LogP) is 5.25. The number of rotatable bonds is 5. The molecule has 0 aliphatic carbocycles. The van der Waals surface area contributed by atoms with E-state index in [2.05, 4.69) is 45.7 Å². The molecular weight excluding hydrogens is 330 g/mol. The third-order valence-electron chi connectivity index (χ3n) is 2.70. The predicted molar refractivity (Wildman–Crippen MR) is 83.6 cm³/mol. The van der Waals surface area contributed by atoms with Gasteiger partial charge in [-0.15, -0.1) is 11.3 Å². The Balaban J connectivity index is 2.30. The van der Waals surface area contributed by atoms with E-state index in [1.165, 1.54) is 11.1 Å². The molecule has 0 amide bonds. The second kappa shape index (κ2) is 6.71. The zero-order valence-corrected chi connectivity index (χ0v) is 13.3. The largest absolute Gasteiger partial charge is 0.306 e. The Labute approximate surface area is 125 Å². The molecule has 0 aliphatic heterocycles. The van der Waals surface area contributed by atoms with Crippen molar-refractivity contribution in [3.05, 3.63) is 55.6 Å². The van der Waals surface area contributed by atoms with E-state index in [1.807, 2.05) is 18.2 Å². The van der Waals surface area contributed by atoms with E-state index in [0.717, 1.165) is 21.8 Å². The second-order valence-corrected chi connectivity index (χ2v) is 6.85. The molecule has 0 fully saturated rings. The van der Waals surface area contributed by atoms with Crippen LogP contribution in [0.5, 0.6) is 0 Å². The van der Waals surface area contributed by atoms with Crippen molar-refractivity contribution in [3.8, 4) is 0 Å². The number of thiophene rings is 1. The van der Waals surface area contributed by atoms with Crippen LogP contribution in [0.3, 0.4) is 0 Å². The highest BCUT2D eigenvalue weighted by Crippen LogP contribution is 2.30. The van der Waals surface area contributed by atoms with Crippen molar-refractivity contribution in [3.63, 3.8) is 0 Å². The van der Waals surface area contributed by atoms with Gasteiger partial charge in [0.2, 0.25) is 0 Å². The van der Waals surface area contributed by atoms with Crippen LogP contribution in [0.25, 0.3) is 0 Å². The molecule has 0 saturated heterocycles. The summed E-state index contributed by atoms with van der Waals surface area (Å²) in [7, 11) is 0. The Morgan fingerprint density at radius 2 is 2.17 bits per heavy atom. The molecule has 1 atom stereocenters. The summed E-state index contributed by atoms with van der Waals surface area (Å²) in [6.07, 6.45) is 1.11. The lowest BCUT2D eigenvalue weighted by molar-refractivity contribution is 0.600. The van der Waals surface area contributed by atoms with E-state index >= 15 is 0 Å². The molecule has 2 aromatic rings. The minimum absolute atomic E-state index is 0.214. The fraction of sp³-hybridized carbons (Fsp3) is 0.286. The van der Waals surface area contributed by atoms with Crippen molar-refractivity contribution < 1.29 is 0 Å². The Morgan fingerprint density at radius 3 is 2.78 bits per heavy atom. The van der Waals surface area contributed by atoms with E-state index in [4.69, 9.17) is 11.6 Å². The van der Waals surface area contributed by atoms with Crippen LogP contribution in [0.1, 0.15) is 30.5 Å². The number of hydrogen-bond donors (Lipinski definition) is 1. The fourth-order valence-electron chi connectivity index (χ4n) is 1.88. The van der Waals surface area contributed by atoms with E-state index in [0.29, 0.717) is 0 Å². The van der Waals surface area contributed by atoms with Gasteiger partial charge in [0.05, 0.1) is 9.83 Å². The summed E-state index contributed by atoms with van der Waals surface area (Å²) in [6.45, 7) is 3.16. The van der Waals surface area contributed by atoms with Gasteiger partial charge in [0.25, 0.3) is 0 Å². The molecule has 0 spiro atoms. The second-order valence-electron chi connectivity index (χ2n) is 4.13. The zero-order chi connectivity index (χ0) is 13.0. The molecule has 1 N–H and O–H groups in total. The van der Waals surface area contributed by atoms with Gasteiger partial charge in [-0.2, -0.15) is 0 Å². The van der Waals surface area contributed by atoms with Gasteiger partial charge < -0.3 is 5.32 Å². The van der Waals surface area contributed by atoms with Crippen molar-refractivity contribution in [1.29, 1.82) is 0 Å². The molecule has 0 bridgehead atoms. The number of hydrogen-bond acceptors (Lipinski definition) is 2. The maximum atomic E-state index is 6.08. The van der Waals surface area contributed by atoms with E-state index < -0.39 is 0 Å². The molecule has 0 aliphatic rings. The molecule has 1 aromatic heterocycles. The maximum absolute atomic E-state index is 6.08. The molecule has 4 heteroatoms. The van der Waals surface area contributed by atoms with Crippen LogP contribution < -0.4 is 5.32 Å². The van der Waals surface area contributed by atoms with Crippen molar-refractivity contribution in [2.45, 2.75) is 19.4 Å². The van der Waals surface area contributed by atoms with E-state index in [-0.39, 0.29) is 6.04 Å². The lowest BCUT2D eigenvalue weighted by Crippen LogP contribution is -2.22. The molecule has 18 heavy (non-hydrogen) atoms. The van der Waals surface area contributed by atoms with Crippen molar-refractivity contribution in [1.82, 2.24) is 5.32 Å². The number of halogens is 2. The number of benzene rings is 1. The normalized spacial score (nSPS) is 12.6. The summed E-state index contributed by atoms with van der Waals surface area (Å²) in [6, 6.07) is 10.4. The molecule has 1 nitrogen and oxygen atoms in total. The highest BCUT2D eigenvalue weighted by molar-refractivity contribution is 9.11. The zero-order valence-electron chi connectivity index (χ0n) is 10.1. The molecule has 1 heterocycles. The Kier molecular flexibility index (Phi) is 5.25. The third kappa shape index (κ3) is 3.58. The first kappa shape index (κ1) is 14.1. The summed E-state index contributed by atoms with van der Waals surface area (Å²) >= 11 is 11.3. The van der Waals surface area contributed by atoms with Gasteiger partial charge in [0, 0.05) is 5.02 Å². The summed E-state index contributed by atoms with van der Waals surface area (Å²) < 4.78 is 1.16. The highest BCUT2D eigenvalue weighted by Gasteiger charge is 2.14. The van der Waals surface area contributed by atoms with Gasteiger partial charge >= 0.3 is 0 Å². The quantitative estimate of drug-likeness (QED) is 0.781. The standard InChI is InChI=1S/C14H15BrClNS/c1-2-6-17-14(11-8-13(15)18-9-11)10-4-3-5-12(16)7-10/h3-5,7-9,14,17H,2,6H2,1H3. The van der Waals surface area contributed by atoms with Gasteiger partial charge in [-0.05, 0) is 63.6 Å². The molecule has 0 radical (unpaired) electrons. The molecule has 1 unspecified atom stereocenters. The average molecular weight is 345 g/mol. The van der Waals surface area contributed by atoms with Crippen LogP contribution in [0.2, 0.25) is 5.02 Å². The van der Waals surface area contributed by atoms with Crippen molar-refractivity contribution in [2.75, 3.05) is 6.54 Å². The minimum Gasteiger partial charge on any atom is -0.306 e. The summed E-state index contributed by atoms with van der Waals surface area (Å²) in [5.41, 5.74) is 2.49. The first-order valence-electron chi connectivity index (χ1n) is 5.93. The average Bonchev–Trinajstić information content (AvgIpc) is 2.76. The summed E-state index contributed by atoms with van der Waals surface area (Å²) in [4.78, 5) is 0. The third-order valence-corrected chi connectivity index (χ3v) is 4.46. The Morgan fingerprint density at radius 1 is 1.33 bits per heavy atom. The van der Waals surface area contributed by atoms with Crippen molar-refractivity contribution >= 4 is 38.9 Å². The fourth-order valence-corrected chi connectivity index (χ4v) is 3.28. The van der Waals surface area contributed by atoms with Crippen LogP contribution in [0, 0.1) is 0 Å². The van der Waals surface area contributed by atoms with Gasteiger partial charge in [-0.3, -0.25) is 0 Å². The summed E-state index contributed by atoms with van der Waals surface area (Å²) in [5, 5.41) is 6.53. The van der Waals surface area contributed by atoms with Crippen LogP contribution in [0.15, 0.2) is 39.5 Å². The monoisotopic (exact) mass is 343 g/mol. The topological polar surface area (TPSA) is 12.0 Å². The van der Waals surface area contributed by atoms with Crippen LogP contribution >= 0.6 is 38.9 Å². The van der Waals surface area contributed by atoms with Gasteiger partial charge in [-0.25, -0.2) is 0 Å². The summed E-state index contributed by atoms with van der Waals surface area (Å²) in [5.74, 6) is 0. The Bertz CT molecular complexity index is 512. The lowest BCUT2D eigenvalue weighted by Gasteiger charge is -2.18. The van der Waals surface area contributed by atoms with Gasteiger partial charge in [0.1, 0.15) is 0 Å². The van der Waals surface area contributed by atoms with Gasteiger partial charge in [0.15, 0.2) is 0 Å². The van der Waals surface area contributed by atoms with Gasteiger partial charge in [-0.1, -0.05) is 30.7 Å². The molecule has 0 saturated carbocycles. The van der Waals surface area contributed by atoms with E-state index in [1.54, 1.807) is 11.3 Å². The highest BCUT2D eigenvalue weighted by atomic mass is 79.9. The number of nitrogens with one attached hydrogen (secondary N) is 1. The molecule has 2 rings (SSSR count). The molecular formula is C14H15BrClNS. The molecule has 96 valence electrons. The van der Waals surface area contributed by atoms with Crippen LogP contribution in [0.4, 0.5) is 0 Å². The SMILES string of the molecule is CCCNC(c1cccc(Cl)c1)c1csc(Br)c1. The molecule has 1 aromatic carbocycles. The van der Waals surface area contributed by atoms with E-state index in [9.17, 15) is 0 Å².